The predicted molar refractivity (Wildman–Crippen MR) is 98.9 cm³/mol. The van der Waals surface area contributed by atoms with Crippen LogP contribution in [0, 0.1) is 25.5 Å². The molecule has 0 aliphatic heterocycles. The zero-order valence-corrected chi connectivity index (χ0v) is 15.3. The van der Waals surface area contributed by atoms with E-state index in [1.807, 2.05) is 43.7 Å². The van der Waals surface area contributed by atoms with Crippen molar-refractivity contribution in [1.29, 1.82) is 0 Å². The lowest BCUT2D eigenvalue weighted by Crippen LogP contribution is -2.20. The van der Waals surface area contributed by atoms with Crippen molar-refractivity contribution in [3.8, 4) is 0 Å². The second-order valence-electron chi connectivity index (χ2n) is 6.56. The van der Waals surface area contributed by atoms with E-state index in [0.29, 0.717) is 12.1 Å². The summed E-state index contributed by atoms with van der Waals surface area (Å²) < 4.78 is 29.0. The Kier molecular flexibility index (Phi) is 5.47. The number of hydrogen-bond acceptors (Lipinski definition) is 2. The Labute approximate surface area is 152 Å². The second kappa shape index (κ2) is 7.79. The van der Waals surface area contributed by atoms with Crippen LogP contribution in [0.3, 0.4) is 0 Å². The molecule has 0 spiro atoms. The average Bonchev–Trinajstić information content (AvgIpc) is 2.87. The van der Waals surface area contributed by atoms with Gasteiger partial charge in [-0.25, -0.2) is 8.78 Å². The molecule has 0 saturated heterocycles. The van der Waals surface area contributed by atoms with Gasteiger partial charge in [-0.2, -0.15) is 5.10 Å². The third-order valence-corrected chi connectivity index (χ3v) is 4.72. The van der Waals surface area contributed by atoms with Crippen molar-refractivity contribution in [3.05, 3.63) is 88.2 Å². The monoisotopic (exact) mass is 355 g/mol. The van der Waals surface area contributed by atoms with E-state index in [0.717, 1.165) is 29.6 Å². The van der Waals surface area contributed by atoms with Crippen LogP contribution in [0.5, 0.6) is 0 Å². The van der Waals surface area contributed by atoms with Gasteiger partial charge in [0.15, 0.2) is 0 Å². The fraction of sp³-hybridized carbons (Fsp3) is 0.286. The first-order chi connectivity index (χ1) is 12.5. The quantitative estimate of drug-likeness (QED) is 0.696. The smallest absolute Gasteiger partial charge is 0.130 e. The van der Waals surface area contributed by atoms with Gasteiger partial charge in [-0.05, 0) is 32.4 Å². The first-order valence-corrected chi connectivity index (χ1v) is 8.71. The van der Waals surface area contributed by atoms with Gasteiger partial charge in [-0.15, -0.1) is 0 Å². The minimum atomic E-state index is -0.563. The minimum Gasteiger partial charge on any atom is -0.306 e. The Balaban J connectivity index is 1.72. The number of nitrogens with zero attached hydrogens (tertiary/aromatic N) is 2. The lowest BCUT2D eigenvalue weighted by atomic mass is 10.1. The summed E-state index contributed by atoms with van der Waals surface area (Å²) in [6, 6.07) is 13.6. The standard InChI is InChI=1S/C21H23F2N3/c1-14(19-10-9-18(22)11-21(19)23)24-12-20-15(2)25-26(16(20)3)13-17-7-5-4-6-8-17/h4-11,14,24H,12-13H2,1-3H3/t14-/m1/s1. The van der Waals surface area contributed by atoms with Gasteiger partial charge in [-0.1, -0.05) is 36.4 Å². The lowest BCUT2D eigenvalue weighted by molar-refractivity contribution is 0.516. The van der Waals surface area contributed by atoms with E-state index >= 15 is 0 Å². The third-order valence-electron chi connectivity index (χ3n) is 4.72. The van der Waals surface area contributed by atoms with Gasteiger partial charge in [0.05, 0.1) is 12.2 Å². The van der Waals surface area contributed by atoms with Crippen LogP contribution in [0.25, 0.3) is 0 Å². The molecule has 3 aromatic rings. The van der Waals surface area contributed by atoms with E-state index in [1.54, 1.807) is 0 Å². The van der Waals surface area contributed by atoms with Crippen molar-refractivity contribution >= 4 is 0 Å². The molecule has 0 radical (unpaired) electrons. The maximum Gasteiger partial charge on any atom is 0.130 e. The first-order valence-electron chi connectivity index (χ1n) is 8.71. The molecule has 1 N–H and O–H groups in total. The number of rotatable bonds is 6. The largest absolute Gasteiger partial charge is 0.306 e. The highest BCUT2D eigenvalue weighted by Gasteiger charge is 2.15. The number of aryl methyl sites for hydroxylation is 1. The van der Waals surface area contributed by atoms with Crippen LogP contribution >= 0.6 is 0 Å². The average molecular weight is 355 g/mol. The number of aromatic nitrogens is 2. The van der Waals surface area contributed by atoms with Crippen molar-refractivity contribution in [3.63, 3.8) is 0 Å². The summed E-state index contributed by atoms with van der Waals surface area (Å²) in [5, 5.41) is 7.96. The Bertz CT molecular complexity index is 888. The third kappa shape index (κ3) is 3.99. The second-order valence-corrected chi connectivity index (χ2v) is 6.56. The van der Waals surface area contributed by atoms with Crippen molar-refractivity contribution in [2.24, 2.45) is 0 Å². The number of nitrogens with one attached hydrogen (secondary N) is 1. The molecule has 3 rings (SSSR count). The lowest BCUT2D eigenvalue weighted by Gasteiger charge is -2.15. The van der Waals surface area contributed by atoms with Gasteiger partial charge in [0, 0.05) is 35.5 Å². The van der Waals surface area contributed by atoms with Gasteiger partial charge in [0.1, 0.15) is 11.6 Å². The van der Waals surface area contributed by atoms with Crippen molar-refractivity contribution < 1.29 is 8.78 Å². The highest BCUT2D eigenvalue weighted by atomic mass is 19.1. The molecule has 1 atom stereocenters. The van der Waals surface area contributed by atoms with Gasteiger partial charge in [0.25, 0.3) is 0 Å². The molecule has 3 nitrogen and oxygen atoms in total. The van der Waals surface area contributed by atoms with E-state index in [-0.39, 0.29) is 6.04 Å². The minimum absolute atomic E-state index is 0.230. The van der Waals surface area contributed by atoms with Crippen LogP contribution in [0.2, 0.25) is 0 Å². The summed E-state index contributed by atoms with van der Waals surface area (Å²) in [6.07, 6.45) is 0. The molecule has 5 heteroatoms. The number of hydrogen-bond donors (Lipinski definition) is 1. The highest BCUT2D eigenvalue weighted by molar-refractivity contribution is 5.27. The van der Waals surface area contributed by atoms with Crippen LogP contribution in [0.15, 0.2) is 48.5 Å². The van der Waals surface area contributed by atoms with E-state index in [4.69, 9.17) is 0 Å². The molecule has 0 amide bonds. The van der Waals surface area contributed by atoms with Crippen molar-refractivity contribution in [1.82, 2.24) is 15.1 Å². The SMILES string of the molecule is Cc1nn(Cc2ccccc2)c(C)c1CN[C@H](C)c1ccc(F)cc1F. The van der Waals surface area contributed by atoms with Gasteiger partial charge in [0.2, 0.25) is 0 Å². The fourth-order valence-electron chi connectivity index (χ4n) is 3.12. The van der Waals surface area contributed by atoms with Gasteiger partial charge in [-0.3, -0.25) is 4.68 Å². The summed E-state index contributed by atoms with van der Waals surface area (Å²) in [5.41, 5.74) is 4.80. The maximum atomic E-state index is 13.9. The molecule has 2 aromatic carbocycles. The predicted octanol–water partition coefficient (Wildman–Crippen LogP) is 4.68. The first kappa shape index (κ1) is 18.3. The number of halogens is 2. The molecule has 136 valence electrons. The van der Waals surface area contributed by atoms with E-state index in [2.05, 4.69) is 22.5 Å². The zero-order chi connectivity index (χ0) is 18.7. The van der Waals surface area contributed by atoms with Crippen LogP contribution in [-0.2, 0) is 13.1 Å². The Morgan fingerprint density at radius 2 is 1.81 bits per heavy atom. The normalized spacial score (nSPS) is 12.3. The molecule has 0 aliphatic rings. The molecule has 0 bridgehead atoms. The summed E-state index contributed by atoms with van der Waals surface area (Å²) in [7, 11) is 0. The molecule has 0 saturated carbocycles. The molecular weight excluding hydrogens is 332 g/mol. The Morgan fingerprint density at radius 3 is 2.50 bits per heavy atom. The molecule has 26 heavy (non-hydrogen) atoms. The Hall–Kier alpha value is -2.53. The van der Waals surface area contributed by atoms with Crippen molar-refractivity contribution in [2.45, 2.75) is 39.9 Å². The van der Waals surface area contributed by atoms with Crippen molar-refractivity contribution in [2.75, 3.05) is 0 Å². The molecule has 1 aromatic heterocycles. The highest BCUT2D eigenvalue weighted by Crippen LogP contribution is 2.20. The summed E-state index contributed by atoms with van der Waals surface area (Å²) in [4.78, 5) is 0. The van der Waals surface area contributed by atoms with E-state index in [9.17, 15) is 8.78 Å². The van der Waals surface area contributed by atoms with Crippen LogP contribution in [0.1, 0.15) is 41.0 Å². The maximum absolute atomic E-state index is 13.9. The fourth-order valence-corrected chi connectivity index (χ4v) is 3.12. The van der Waals surface area contributed by atoms with Gasteiger partial charge >= 0.3 is 0 Å². The summed E-state index contributed by atoms with van der Waals surface area (Å²) >= 11 is 0. The molecule has 0 unspecified atom stereocenters. The molecule has 1 heterocycles. The van der Waals surface area contributed by atoms with Crippen LogP contribution < -0.4 is 5.32 Å². The Morgan fingerprint density at radius 1 is 1.08 bits per heavy atom. The van der Waals surface area contributed by atoms with Gasteiger partial charge < -0.3 is 5.32 Å². The molecule has 0 aliphatic carbocycles. The van der Waals surface area contributed by atoms with Crippen LogP contribution in [-0.4, -0.2) is 9.78 Å². The molecule has 0 fully saturated rings. The van der Waals surface area contributed by atoms with Crippen LogP contribution in [0.4, 0.5) is 8.78 Å². The number of benzene rings is 2. The summed E-state index contributed by atoms with van der Waals surface area (Å²) in [5.74, 6) is -1.09. The van der Waals surface area contributed by atoms with E-state index in [1.165, 1.54) is 17.7 Å². The molecular formula is C21H23F2N3. The van der Waals surface area contributed by atoms with E-state index < -0.39 is 11.6 Å². The zero-order valence-electron chi connectivity index (χ0n) is 15.3. The topological polar surface area (TPSA) is 29.9 Å². The summed E-state index contributed by atoms with van der Waals surface area (Å²) in [6.45, 7) is 7.19.